The van der Waals surface area contributed by atoms with Crippen molar-refractivity contribution in [2.24, 2.45) is 0 Å². The van der Waals surface area contributed by atoms with Gasteiger partial charge in [0, 0.05) is 20.0 Å². The summed E-state index contributed by atoms with van der Waals surface area (Å²) in [6.45, 7) is 2.21. The monoisotopic (exact) mass is 279 g/mol. The van der Waals surface area contributed by atoms with Crippen LogP contribution >= 0.6 is 0 Å². The predicted octanol–water partition coefficient (Wildman–Crippen LogP) is 2.12. The molecule has 110 valence electrons. The zero-order chi connectivity index (χ0) is 15.1. The van der Waals surface area contributed by atoms with Crippen molar-refractivity contribution in [3.8, 4) is 5.75 Å². The predicted molar refractivity (Wildman–Crippen MR) is 75.9 cm³/mol. The number of rotatable bonds is 7. The lowest BCUT2D eigenvalue weighted by molar-refractivity contribution is -0.138. The lowest BCUT2D eigenvalue weighted by atomic mass is 9.97. The summed E-state index contributed by atoms with van der Waals surface area (Å²) in [6, 6.07) is 7.62. The van der Waals surface area contributed by atoms with Gasteiger partial charge in [0.15, 0.2) is 0 Å². The number of nitrogens with zero attached hydrogens (tertiary/aromatic N) is 1. The molecule has 0 saturated carbocycles. The lowest BCUT2D eigenvalue weighted by Gasteiger charge is -2.19. The number of benzene rings is 1. The molecule has 1 N–H and O–H groups in total. The van der Waals surface area contributed by atoms with E-state index in [4.69, 9.17) is 9.84 Å². The van der Waals surface area contributed by atoms with Gasteiger partial charge in [0.1, 0.15) is 5.75 Å². The Labute approximate surface area is 119 Å². The van der Waals surface area contributed by atoms with Crippen LogP contribution in [0.1, 0.15) is 31.2 Å². The SMILES string of the molecule is COc1cccc(C(C)CC(=O)N(C)CCC(=O)O)c1. The van der Waals surface area contributed by atoms with Gasteiger partial charge >= 0.3 is 5.97 Å². The van der Waals surface area contributed by atoms with Crippen molar-refractivity contribution in [3.05, 3.63) is 29.8 Å². The Morgan fingerprint density at radius 2 is 2.10 bits per heavy atom. The van der Waals surface area contributed by atoms with Crippen LogP contribution in [-0.4, -0.2) is 42.6 Å². The van der Waals surface area contributed by atoms with Crippen molar-refractivity contribution in [3.63, 3.8) is 0 Å². The van der Waals surface area contributed by atoms with Gasteiger partial charge in [-0.15, -0.1) is 0 Å². The summed E-state index contributed by atoms with van der Waals surface area (Å²) in [5.74, 6) is -0.127. The Morgan fingerprint density at radius 3 is 2.70 bits per heavy atom. The molecule has 0 spiro atoms. The molecule has 0 fully saturated rings. The molecule has 1 aromatic carbocycles. The van der Waals surface area contributed by atoms with Gasteiger partial charge < -0.3 is 14.7 Å². The van der Waals surface area contributed by atoms with Crippen molar-refractivity contribution < 1.29 is 19.4 Å². The summed E-state index contributed by atoms with van der Waals surface area (Å²) in [6.07, 6.45) is 0.319. The number of carbonyl (C=O) groups is 2. The fourth-order valence-corrected chi connectivity index (χ4v) is 1.87. The summed E-state index contributed by atoms with van der Waals surface area (Å²) in [5.41, 5.74) is 1.03. The van der Waals surface area contributed by atoms with Crippen LogP contribution in [0.2, 0.25) is 0 Å². The molecule has 20 heavy (non-hydrogen) atoms. The molecule has 1 unspecified atom stereocenters. The number of carbonyl (C=O) groups excluding carboxylic acids is 1. The third-order valence-electron chi connectivity index (χ3n) is 3.23. The van der Waals surface area contributed by atoms with Gasteiger partial charge in [-0.3, -0.25) is 9.59 Å². The molecule has 5 nitrogen and oxygen atoms in total. The molecule has 1 aromatic rings. The molecule has 0 aliphatic heterocycles. The molecular formula is C15H21NO4. The normalized spacial score (nSPS) is 11.8. The summed E-state index contributed by atoms with van der Waals surface area (Å²) in [7, 11) is 3.23. The molecule has 0 bridgehead atoms. The average Bonchev–Trinajstić information content (AvgIpc) is 2.44. The Bertz CT molecular complexity index is 473. The van der Waals surface area contributed by atoms with E-state index in [1.165, 1.54) is 4.90 Å². The number of methoxy groups -OCH3 is 1. The number of carboxylic acids is 1. The van der Waals surface area contributed by atoms with Crippen LogP contribution in [-0.2, 0) is 9.59 Å². The number of hydrogen-bond acceptors (Lipinski definition) is 3. The van der Waals surface area contributed by atoms with E-state index in [1.54, 1.807) is 14.2 Å². The van der Waals surface area contributed by atoms with Gasteiger partial charge in [0.25, 0.3) is 0 Å². The molecule has 0 aromatic heterocycles. The second kappa shape index (κ2) is 7.53. The number of aliphatic carboxylic acids is 1. The van der Waals surface area contributed by atoms with E-state index in [1.807, 2.05) is 31.2 Å². The van der Waals surface area contributed by atoms with Gasteiger partial charge in [-0.25, -0.2) is 0 Å². The number of ether oxygens (including phenoxy) is 1. The van der Waals surface area contributed by atoms with Crippen LogP contribution in [0.5, 0.6) is 5.75 Å². The summed E-state index contributed by atoms with van der Waals surface area (Å²) in [5, 5.41) is 8.61. The van der Waals surface area contributed by atoms with E-state index in [9.17, 15) is 9.59 Å². The minimum atomic E-state index is -0.898. The highest BCUT2D eigenvalue weighted by Crippen LogP contribution is 2.23. The highest BCUT2D eigenvalue weighted by Gasteiger charge is 2.16. The third-order valence-corrected chi connectivity index (χ3v) is 3.23. The van der Waals surface area contributed by atoms with Gasteiger partial charge in [0.05, 0.1) is 13.5 Å². The summed E-state index contributed by atoms with van der Waals surface area (Å²) in [4.78, 5) is 23.9. The van der Waals surface area contributed by atoms with Crippen LogP contribution < -0.4 is 4.74 Å². The quantitative estimate of drug-likeness (QED) is 0.830. The van der Waals surface area contributed by atoms with E-state index in [0.717, 1.165) is 11.3 Å². The van der Waals surface area contributed by atoms with Gasteiger partial charge in [0.2, 0.25) is 5.91 Å². The second-order valence-corrected chi connectivity index (χ2v) is 4.84. The maximum atomic E-state index is 12.0. The van der Waals surface area contributed by atoms with E-state index in [-0.39, 0.29) is 24.8 Å². The van der Waals surface area contributed by atoms with Gasteiger partial charge in [-0.2, -0.15) is 0 Å². The van der Waals surface area contributed by atoms with Crippen LogP contribution in [0.15, 0.2) is 24.3 Å². The van der Waals surface area contributed by atoms with Crippen molar-refractivity contribution in [2.75, 3.05) is 20.7 Å². The minimum absolute atomic E-state index is 0.0320. The Hall–Kier alpha value is -2.04. The zero-order valence-electron chi connectivity index (χ0n) is 12.1. The molecule has 1 rings (SSSR count). The number of amides is 1. The third kappa shape index (κ3) is 4.91. The smallest absolute Gasteiger partial charge is 0.305 e. The number of carboxylic acid groups (broad SMARTS) is 1. The average molecular weight is 279 g/mol. The first kappa shape index (κ1) is 16.0. The van der Waals surface area contributed by atoms with Crippen molar-refractivity contribution in [1.29, 1.82) is 0 Å². The fraction of sp³-hybridized carbons (Fsp3) is 0.467. The summed E-state index contributed by atoms with van der Waals surface area (Å²) < 4.78 is 5.16. The highest BCUT2D eigenvalue weighted by atomic mass is 16.5. The molecule has 0 aliphatic carbocycles. The Morgan fingerprint density at radius 1 is 1.40 bits per heavy atom. The fourth-order valence-electron chi connectivity index (χ4n) is 1.87. The second-order valence-electron chi connectivity index (χ2n) is 4.84. The van der Waals surface area contributed by atoms with Crippen LogP contribution in [0, 0.1) is 0 Å². The first-order chi connectivity index (χ1) is 9.43. The summed E-state index contributed by atoms with van der Waals surface area (Å²) >= 11 is 0. The maximum absolute atomic E-state index is 12.0. The minimum Gasteiger partial charge on any atom is -0.497 e. The van der Waals surface area contributed by atoms with Gasteiger partial charge in [-0.1, -0.05) is 19.1 Å². The Kier molecular flexibility index (Phi) is 6.03. The first-order valence-electron chi connectivity index (χ1n) is 6.53. The molecule has 0 aliphatic rings. The number of hydrogen-bond donors (Lipinski definition) is 1. The highest BCUT2D eigenvalue weighted by molar-refractivity contribution is 5.77. The molecule has 0 radical (unpaired) electrons. The van der Waals surface area contributed by atoms with Crippen molar-refractivity contribution in [1.82, 2.24) is 4.90 Å². The zero-order valence-corrected chi connectivity index (χ0v) is 12.1. The first-order valence-corrected chi connectivity index (χ1v) is 6.53. The largest absolute Gasteiger partial charge is 0.497 e. The molecule has 5 heteroatoms. The Balaban J connectivity index is 2.57. The van der Waals surface area contributed by atoms with E-state index >= 15 is 0 Å². The molecule has 1 amide bonds. The molecule has 0 saturated heterocycles. The van der Waals surface area contributed by atoms with Gasteiger partial charge in [-0.05, 0) is 23.6 Å². The molecule has 1 atom stereocenters. The van der Waals surface area contributed by atoms with Crippen molar-refractivity contribution in [2.45, 2.75) is 25.7 Å². The maximum Gasteiger partial charge on any atom is 0.305 e. The van der Waals surface area contributed by atoms with E-state index in [0.29, 0.717) is 6.42 Å². The lowest BCUT2D eigenvalue weighted by Crippen LogP contribution is -2.29. The van der Waals surface area contributed by atoms with E-state index < -0.39 is 5.97 Å². The van der Waals surface area contributed by atoms with Crippen LogP contribution in [0.3, 0.4) is 0 Å². The van der Waals surface area contributed by atoms with Crippen LogP contribution in [0.25, 0.3) is 0 Å². The van der Waals surface area contributed by atoms with Crippen LogP contribution in [0.4, 0.5) is 0 Å². The van der Waals surface area contributed by atoms with E-state index in [2.05, 4.69) is 0 Å². The molecular weight excluding hydrogens is 258 g/mol. The topological polar surface area (TPSA) is 66.8 Å². The standard InChI is InChI=1S/C15H21NO4/c1-11(12-5-4-6-13(10-12)20-3)9-14(17)16(2)8-7-15(18)19/h4-6,10-11H,7-9H2,1-3H3,(H,18,19). The molecule has 0 heterocycles. The van der Waals surface area contributed by atoms with Crippen molar-refractivity contribution >= 4 is 11.9 Å².